The predicted octanol–water partition coefficient (Wildman–Crippen LogP) is 2.42. The van der Waals surface area contributed by atoms with E-state index in [-0.39, 0.29) is 23.8 Å². The topological polar surface area (TPSA) is 68.3 Å². The molecule has 1 fully saturated rings. The lowest BCUT2D eigenvalue weighted by atomic mass is 9.81. The van der Waals surface area contributed by atoms with E-state index >= 15 is 0 Å². The van der Waals surface area contributed by atoms with Gasteiger partial charge in [0.15, 0.2) is 11.5 Å². The number of carbonyl (C=O) groups is 2. The second-order valence-electron chi connectivity index (χ2n) is 7.67. The van der Waals surface area contributed by atoms with Crippen LogP contribution in [0.25, 0.3) is 0 Å². The number of benzene rings is 1. The van der Waals surface area contributed by atoms with Crippen molar-refractivity contribution in [2.45, 2.75) is 45.8 Å². The molecule has 0 unspecified atom stereocenters. The number of methoxy groups -OCH3 is 2. The molecule has 0 bridgehead atoms. The summed E-state index contributed by atoms with van der Waals surface area (Å²) in [7, 11) is 3.27. The van der Waals surface area contributed by atoms with Crippen molar-refractivity contribution in [2.75, 3.05) is 40.4 Å². The molecule has 1 amide bonds. The van der Waals surface area contributed by atoms with Crippen molar-refractivity contribution in [2.24, 2.45) is 5.92 Å². The molecule has 29 heavy (non-hydrogen) atoms. The minimum atomic E-state index is -0.430. The molecule has 1 saturated heterocycles. The maximum atomic E-state index is 13.1. The van der Waals surface area contributed by atoms with Crippen LogP contribution in [0.15, 0.2) is 12.1 Å². The fourth-order valence-electron chi connectivity index (χ4n) is 4.68. The lowest BCUT2D eigenvalue weighted by Gasteiger charge is -2.46. The zero-order chi connectivity index (χ0) is 21.1. The van der Waals surface area contributed by atoms with Gasteiger partial charge in [0, 0.05) is 45.6 Å². The fraction of sp³-hybridized carbons (Fsp3) is 0.636. The summed E-state index contributed by atoms with van der Waals surface area (Å²) in [6, 6.07) is 4.16. The summed E-state index contributed by atoms with van der Waals surface area (Å²) in [6.45, 7) is 8.13. The summed E-state index contributed by atoms with van der Waals surface area (Å²) in [5.74, 6) is 0.804. The molecule has 0 aliphatic carbocycles. The Hall–Kier alpha value is -2.28. The van der Waals surface area contributed by atoms with Gasteiger partial charge >= 0.3 is 5.97 Å². The Balaban J connectivity index is 1.93. The van der Waals surface area contributed by atoms with E-state index in [1.165, 1.54) is 18.1 Å². The van der Waals surface area contributed by atoms with Crippen LogP contribution in [0.1, 0.15) is 44.4 Å². The Labute approximate surface area is 172 Å². The molecule has 3 atom stereocenters. The van der Waals surface area contributed by atoms with Crippen molar-refractivity contribution in [3.63, 3.8) is 0 Å². The highest BCUT2D eigenvalue weighted by Crippen LogP contribution is 2.43. The average Bonchev–Trinajstić information content (AvgIpc) is 2.72. The second kappa shape index (κ2) is 9.03. The zero-order valence-electron chi connectivity index (χ0n) is 18.1. The first kappa shape index (κ1) is 21.4. The molecule has 7 heteroatoms. The lowest BCUT2D eigenvalue weighted by molar-refractivity contribution is -0.161. The molecule has 0 spiro atoms. The Bertz CT molecular complexity index is 762. The summed E-state index contributed by atoms with van der Waals surface area (Å²) in [4.78, 5) is 29.1. The van der Waals surface area contributed by atoms with Crippen molar-refractivity contribution >= 4 is 11.9 Å². The van der Waals surface area contributed by atoms with Gasteiger partial charge < -0.3 is 19.1 Å². The van der Waals surface area contributed by atoms with Crippen LogP contribution in [0.3, 0.4) is 0 Å². The van der Waals surface area contributed by atoms with Crippen LogP contribution in [0.2, 0.25) is 0 Å². The van der Waals surface area contributed by atoms with Crippen LogP contribution in [0.5, 0.6) is 11.5 Å². The molecule has 0 saturated carbocycles. The van der Waals surface area contributed by atoms with Crippen molar-refractivity contribution < 1.29 is 23.8 Å². The van der Waals surface area contributed by atoms with Gasteiger partial charge in [-0.05, 0) is 43.5 Å². The molecule has 160 valence electrons. The summed E-state index contributed by atoms with van der Waals surface area (Å²) in [5.41, 5.74) is 2.39. The largest absolute Gasteiger partial charge is 0.493 e. The lowest BCUT2D eigenvalue weighted by Crippen LogP contribution is -2.54. The Kier molecular flexibility index (Phi) is 6.67. The van der Waals surface area contributed by atoms with Gasteiger partial charge in [-0.1, -0.05) is 0 Å². The Morgan fingerprint density at radius 3 is 2.38 bits per heavy atom. The first-order valence-electron chi connectivity index (χ1n) is 10.4. The van der Waals surface area contributed by atoms with Crippen LogP contribution < -0.4 is 9.47 Å². The van der Waals surface area contributed by atoms with Gasteiger partial charge in [0.25, 0.3) is 0 Å². The number of rotatable bonds is 6. The standard InChI is InChI=1S/C22H32N2O5/c1-6-23(7-2)22(26)17-13-24-9-8-15-10-20(27-4)21(28-5)11-16(15)18(24)12-19(17)29-14(3)25/h10-11,17-19H,6-9,12-13H2,1-5H3/t17-,18-,19-/m1/s1. The molecule has 7 nitrogen and oxygen atoms in total. The third-order valence-electron chi connectivity index (χ3n) is 6.16. The van der Waals surface area contributed by atoms with Gasteiger partial charge in [-0.25, -0.2) is 0 Å². The molecule has 1 aromatic rings. The Morgan fingerprint density at radius 2 is 1.79 bits per heavy atom. The highest BCUT2D eigenvalue weighted by molar-refractivity contribution is 5.80. The predicted molar refractivity (Wildman–Crippen MR) is 109 cm³/mol. The number of hydrogen-bond acceptors (Lipinski definition) is 6. The molecule has 2 aliphatic rings. The minimum absolute atomic E-state index is 0.0674. The number of hydrogen-bond donors (Lipinski definition) is 0. The summed E-state index contributed by atoms with van der Waals surface area (Å²) >= 11 is 0. The highest BCUT2D eigenvalue weighted by atomic mass is 16.5. The maximum absolute atomic E-state index is 13.1. The molecule has 1 aromatic carbocycles. The van der Waals surface area contributed by atoms with Crippen molar-refractivity contribution in [3.8, 4) is 11.5 Å². The molecule has 3 rings (SSSR count). The van der Waals surface area contributed by atoms with Crippen LogP contribution in [0, 0.1) is 5.92 Å². The first-order chi connectivity index (χ1) is 13.9. The molecule has 0 aromatic heterocycles. The SMILES string of the molecule is CCN(CC)C(=O)[C@@H]1CN2CCc3cc(OC)c(OC)cc3[C@H]2C[C@H]1OC(C)=O. The van der Waals surface area contributed by atoms with E-state index in [2.05, 4.69) is 4.90 Å². The number of esters is 1. The number of piperidine rings is 1. The average molecular weight is 405 g/mol. The smallest absolute Gasteiger partial charge is 0.302 e. The number of carbonyl (C=O) groups excluding carboxylic acids is 2. The quantitative estimate of drug-likeness (QED) is 0.679. The van der Waals surface area contributed by atoms with E-state index in [0.717, 1.165) is 18.7 Å². The third kappa shape index (κ3) is 4.20. The van der Waals surface area contributed by atoms with Gasteiger partial charge in [0.1, 0.15) is 6.10 Å². The third-order valence-corrected chi connectivity index (χ3v) is 6.16. The molecule has 0 radical (unpaired) electrons. The van der Waals surface area contributed by atoms with Crippen molar-refractivity contribution in [3.05, 3.63) is 23.3 Å². The van der Waals surface area contributed by atoms with E-state index in [1.54, 1.807) is 14.2 Å². The van der Waals surface area contributed by atoms with E-state index in [1.807, 2.05) is 30.9 Å². The maximum Gasteiger partial charge on any atom is 0.302 e. The van der Waals surface area contributed by atoms with Crippen molar-refractivity contribution in [1.82, 2.24) is 9.80 Å². The number of ether oxygens (including phenoxy) is 3. The van der Waals surface area contributed by atoms with E-state index in [4.69, 9.17) is 14.2 Å². The molecule has 2 aliphatic heterocycles. The fourth-order valence-corrected chi connectivity index (χ4v) is 4.68. The highest BCUT2D eigenvalue weighted by Gasteiger charge is 2.44. The molecule has 2 heterocycles. The summed E-state index contributed by atoms with van der Waals surface area (Å²) in [6.07, 6.45) is 1.05. The van der Waals surface area contributed by atoms with E-state index in [9.17, 15) is 9.59 Å². The number of amides is 1. The van der Waals surface area contributed by atoms with Crippen molar-refractivity contribution in [1.29, 1.82) is 0 Å². The first-order valence-corrected chi connectivity index (χ1v) is 10.4. The zero-order valence-corrected chi connectivity index (χ0v) is 18.1. The van der Waals surface area contributed by atoms with Gasteiger partial charge in [-0.2, -0.15) is 0 Å². The van der Waals surface area contributed by atoms with Gasteiger partial charge in [0.05, 0.1) is 20.1 Å². The Morgan fingerprint density at radius 1 is 1.14 bits per heavy atom. The number of fused-ring (bicyclic) bond motifs is 3. The summed E-state index contributed by atoms with van der Waals surface area (Å²) < 4.78 is 16.6. The van der Waals surface area contributed by atoms with Crippen LogP contribution >= 0.6 is 0 Å². The van der Waals surface area contributed by atoms with Crippen LogP contribution in [-0.2, 0) is 20.7 Å². The van der Waals surface area contributed by atoms with E-state index < -0.39 is 6.10 Å². The van der Waals surface area contributed by atoms with Crippen LogP contribution in [0.4, 0.5) is 0 Å². The van der Waals surface area contributed by atoms with E-state index in [0.29, 0.717) is 31.8 Å². The molecule has 0 N–H and O–H groups in total. The number of nitrogens with zero attached hydrogens (tertiary/aromatic N) is 2. The molecular formula is C22H32N2O5. The molecular weight excluding hydrogens is 372 g/mol. The van der Waals surface area contributed by atoms with Gasteiger partial charge in [-0.3, -0.25) is 14.5 Å². The second-order valence-corrected chi connectivity index (χ2v) is 7.67. The van der Waals surface area contributed by atoms with Crippen LogP contribution in [-0.4, -0.2) is 68.2 Å². The normalized spacial score (nSPS) is 23.6. The summed E-state index contributed by atoms with van der Waals surface area (Å²) in [5, 5.41) is 0. The van der Waals surface area contributed by atoms with Gasteiger partial charge in [-0.15, -0.1) is 0 Å². The minimum Gasteiger partial charge on any atom is -0.493 e. The van der Waals surface area contributed by atoms with Gasteiger partial charge in [0.2, 0.25) is 5.91 Å². The monoisotopic (exact) mass is 404 g/mol.